The van der Waals surface area contributed by atoms with E-state index in [0.29, 0.717) is 27.9 Å². The van der Waals surface area contributed by atoms with Crippen molar-refractivity contribution in [1.29, 1.82) is 0 Å². The molecule has 0 unspecified atom stereocenters. The van der Waals surface area contributed by atoms with Crippen molar-refractivity contribution in [3.63, 3.8) is 0 Å². The van der Waals surface area contributed by atoms with Crippen molar-refractivity contribution in [1.82, 2.24) is 0 Å². The van der Waals surface area contributed by atoms with Gasteiger partial charge in [-0.15, -0.1) is 0 Å². The summed E-state index contributed by atoms with van der Waals surface area (Å²) < 4.78 is 6.57. The van der Waals surface area contributed by atoms with Crippen LogP contribution < -0.4 is 4.90 Å². The average molecular weight is 380 g/mol. The Morgan fingerprint density at radius 2 is 1.62 bits per heavy atom. The fourth-order valence-electron chi connectivity index (χ4n) is 4.71. The van der Waals surface area contributed by atoms with Gasteiger partial charge in [0.25, 0.3) is 5.91 Å². The second-order valence-corrected chi connectivity index (χ2v) is 13.6. The SMILES string of the molecule is CC(C)[Si](OCN1C(=O)[C@@](O)(CCO)c2ccccc21)(C(C)C)C(C)C. The molecule has 1 aliphatic rings. The van der Waals surface area contributed by atoms with Gasteiger partial charge in [-0.2, -0.15) is 0 Å². The van der Waals surface area contributed by atoms with Crippen LogP contribution in [0.15, 0.2) is 24.3 Å². The first kappa shape index (κ1) is 21.1. The molecule has 1 aliphatic heterocycles. The number of amides is 1. The summed E-state index contributed by atoms with van der Waals surface area (Å²) in [7, 11) is -2.14. The van der Waals surface area contributed by atoms with Gasteiger partial charge in [-0.3, -0.25) is 9.69 Å². The maximum Gasteiger partial charge on any atom is 0.265 e. The number of fused-ring (bicyclic) bond motifs is 1. The molecule has 2 rings (SSSR count). The number of carbonyl (C=O) groups is 1. The van der Waals surface area contributed by atoms with Crippen LogP contribution in [0.25, 0.3) is 0 Å². The lowest BCUT2D eigenvalue weighted by atomic mass is 9.92. The van der Waals surface area contributed by atoms with Gasteiger partial charge in [-0.25, -0.2) is 0 Å². The van der Waals surface area contributed by atoms with Crippen LogP contribution >= 0.6 is 0 Å². The molecule has 0 aliphatic carbocycles. The Labute approximate surface area is 158 Å². The lowest BCUT2D eigenvalue weighted by molar-refractivity contribution is -0.138. The molecule has 6 heteroatoms. The molecule has 1 amide bonds. The summed E-state index contributed by atoms with van der Waals surface area (Å²) in [5, 5.41) is 20.3. The monoisotopic (exact) mass is 379 g/mol. The largest absolute Gasteiger partial charge is 0.398 e. The molecule has 146 valence electrons. The topological polar surface area (TPSA) is 70.0 Å². The molecule has 0 aromatic heterocycles. The first-order chi connectivity index (χ1) is 12.1. The van der Waals surface area contributed by atoms with Crippen molar-refractivity contribution >= 4 is 19.9 Å². The molecule has 26 heavy (non-hydrogen) atoms. The number of hydrogen-bond donors (Lipinski definition) is 2. The van der Waals surface area contributed by atoms with E-state index >= 15 is 0 Å². The van der Waals surface area contributed by atoms with E-state index < -0.39 is 19.8 Å². The highest BCUT2D eigenvalue weighted by molar-refractivity contribution is 6.77. The highest BCUT2D eigenvalue weighted by Gasteiger charge is 2.51. The van der Waals surface area contributed by atoms with Gasteiger partial charge in [0, 0.05) is 18.6 Å². The van der Waals surface area contributed by atoms with Gasteiger partial charge in [0.05, 0.1) is 5.69 Å². The molecular formula is C20H33NO4Si. The molecule has 0 fully saturated rings. The highest BCUT2D eigenvalue weighted by Crippen LogP contribution is 2.45. The second kappa shape index (κ2) is 7.80. The van der Waals surface area contributed by atoms with Crippen LogP contribution in [0.5, 0.6) is 0 Å². The molecule has 0 saturated carbocycles. The van der Waals surface area contributed by atoms with E-state index in [1.165, 1.54) is 0 Å². The van der Waals surface area contributed by atoms with Crippen LogP contribution in [-0.2, 0) is 14.8 Å². The lowest BCUT2D eigenvalue weighted by Crippen LogP contribution is -2.51. The highest BCUT2D eigenvalue weighted by atomic mass is 28.4. The zero-order valence-electron chi connectivity index (χ0n) is 16.8. The molecule has 0 spiro atoms. The lowest BCUT2D eigenvalue weighted by Gasteiger charge is -2.43. The Bertz CT molecular complexity index is 625. The van der Waals surface area contributed by atoms with Crippen LogP contribution in [0.2, 0.25) is 16.6 Å². The summed E-state index contributed by atoms with van der Waals surface area (Å²) in [6.45, 7) is 13.1. The summed E-state index contributed by atoms with van der Waals surface area (Å²) in [5.74, 6) is -0.410. The van der Waals surface area contributed by atoms with Crippen molar-refractivity contribution in [2.45, 2.75) is 70.2 Å². The van der Waals surface area contributed by atoms with E-state index in [9.17, 15) is 15.0 Å². The summed E-state index contributed by atoms with van der Waals surface area (Å²) >= 11 is 0. The fourth-order valence-corrected chi connectivity index (χ4v) is 10.1. The Balaban J connectivity index is 2.36. The minimum atomic E-state index is -2.14. The summed E-state index contributed by atoms with van der Waals surface area (Å²) in [6.07, 6.45) is -0.0134. The first-order valence-corrected chi connectivity index (χ1v) is 11.7. The molecule has 1 aromatic carbocycles. The molecule has 0 saturated heterocycles. The van der Waals surface area contributed by atoms with E-state index in [-0.39, 0.29) is 19.8 Å². The Hall–Kier alpha value is -1.21. The molecule has 0 radical (unpaired) electrons. The van der Waals surface area contributed by atoms with Crippen molar-refractivity contribution < 1.29 is 19.4 Å². The number of carbonyl (C=O) groups excluding carboxylic acids is 1. The molecule has 1 heterocycles. The minimum absolute atomic E-state index is 0.0134. The number of hydrogen-bond acceptors (Lipinski definition) is 4. The maximum absolute atomic E-state index is 13.0. The molecular weight excluding hydrogens is 346 g/mol. The summed E-state index contributed by atoms with van der Waals surface area (Å²) in [6, 6.07) is 7.23. The van der Waals surface area contributed by atoms with E-state index in [1.807, 2.05) is 12.1 Å². The van der Waals surface area contributed by atoms with E-state index in [4.69, 9.17) is 4.43 Å². The molecule has 2 N–H and O–H groups in total. The smallest absolute Gasteiger partial charge is 0.265 e. The first-order valence-electron chi connectivity index (χ1n) is 9.51. The summed E-state index contributed by atoms with van der Waals surface area (Å²) in [5.41, 5.74) is 0.776. The maximum atomic E-state index is 13.0. The molecule has 1 atom stereocenters. The molecule has 5 nitrogen and oxygen atoms in total. The van der Waals surface area contributed by atoms with Gasteiger partial charge in [-0.05, 0) is 22.7 Å². The van der Waals surface area contributed by atoms with Gasteiger partial charge < -0.3 is 14.6 Å². The third-order valence-electron chi connectivity index (χ3n) is 5.86. The molecule has 0 bridgehead atoms. The molecule has 1 aromatic rings. The van der Waals surface area contributed by atoms with Crippen molar-refractivity contribution in [3.8, 4) is 0 Å². The minimum Gasteiger partial charge on any atom is -0.398 e. The number of para-hydroxylation sites is 1. The number of anilines is 1. The number of rotatable bonds is 8. The van der Waals surface area contributed by atoms with Crippen LogP contribution in [-0.4, -0.2) is 37.8 Å². The summed E-state index contributed by atoms with van der Waals surface area (Å²) in [4.78, 5) is 14.5. The van der Waals surface area contributed by atoms with Crippen LogP contribution in [0.1, 0.15) is 53.5 Å². The van der Waals surface area contributed by atoms with Gasteiger partial charge in [0.15, 0.2) is 5.60 Å². The predicted octanol–water partition coefficient (Wildman–Crippen LogP) is 3.75. The van der Waals surface area contributed by atoms with Gasteiger partial charge in [0.1, 0.15) is 6.73 Å². The van der Waals surface area contributed by atoms with Crippen molar-refractivity contribution in [2.75, 3.05) is 18.2 Å². The fraction of sp³-hybridized carbons (Fsp3) is 0.650. The third-order valence-corrected chi connectivity index (χ3v) is 11.9. The van der Waals surface area contributed by atoms with Gasteiger partial charge in [0.2, 0.25) is 8.32 Å². The number of benzene rings is 1. The normalized spacial score (nSPS) is 20.6. The standard InChI is InChI=1S/C20H33NO4Si/c1-14(2)26(15(3)4,16(5)6)25-13-21-18-10-8-7-9-17(18)20(24,11-12-22)19(21)23/h7-10,14-16,22,24H,11-13H2,1-6H3/t20-/m1/s1. The predicted molar refractivity (Wildman–Crippen MR) is 107 cm³/mol. The van der Waals surface area contributed by atoms with Crippen LogP contribution in [0.3, 0.4) is 0 Å². The van der Waals surface area contributed by atoms with E-state index in [2.05, 4.69) is 41.5 Å². The average Bonchev–Trinajstić information content (AvgIpc) is 2.77. The van der Waals surface area contributed by atoms with E-state index in [1.54, 1.807) is 17.0 Å². The van der Waals surface area contributed by atoms with Crippen molar-refractivity contribution in [3.05, 3.63) is 29.8 Å². The Morgan fingerprint density at radius 1 is 1.08 bits per heavy atom. The van der Waals surface area contributed by atoms with Crippen molar-refractivity contribution in [2.24, 2.45) is 0 Å². The zero-order valence-corrected chi connectivity index (χ0v) is 17.8. The third kappa shape index (κ3) is 3.24. The van der Waals surface area contributed by atoms with Gasteiger partial charge >= 0.3 is 0 Å². The number of aliphatic hydroxyl groups excluding tert-OH is 1. The quantitative estimate of drug-likeness (QED) is 0.675. The second-order valence-electron chi connectivity index (χ2n) is 8.18. The zero-order chi connectivity index (χ0) is 19.7. The van der Waals surface area contributed by atoms with Gasteiger partial charge in [-0.1, -0.05) is 59.7 Å². The Morgan fingerprint density at radius 3 is 2.12 bits per heavy atom. The number of aliphatic hydroxyl groups is 2. The van der Waals surface area contributed by atoms with E-state index in [0.717, 1.165) is 0 Å². The number of nitrogens with zero attached hydrogens (tertiary/aromatic N) is 1. The Kier molecular flexibility index (Phi) is 6.33. The van der Waals surface area contributed by atoms with Crippen LogP contribution in [0.4, 0.5) is 5.69 Å². The van der Waals surface area contributed by atoms with Crippen LogP contribution in [0, 0.1) is 0 Å².